The van der Waals surface area contributed by atoms with Crippen molar-refractivity contribution in [2.45, 2.75) is 6.04 Å². The maximum atomic E-state index is 13.8. The summed E-state index contributed by atoms with van der Waals surface area (Å²) in [5.41, 5.74) is 6.02. The van der Waals surface area contributed by atoms with E-state index in [0.717, 1.165) is 0 Å². The molecule has 2 aromatic rings. The lowest BCUT2D eigenvalue weighted by Gasteiger charge is -2.18. The molecule has 0 aliphatic rings. The molecular formula is C14H11Cl2FN2O. The standard InChI is InChI=1S/C14H11Cl2FN2O/c15-8-1-4-10(5-2-8)19-13(14(18)20)11-7-9(16)3-6-12(11)17/h1-7,13,19H,(H2,18,20). The second kappa shape index (κ2) is 6.11. The van der Waals surface area contributed by atoms with Crippen molar-refractivity contribution in [2.24, 2.45) is 5.73 Å². The summed E-state index contributed by atoms with van der Waals surface area (Å²) in [6, 6.07) is 9.58. The van der Waals surface area contributed by atoms with Crippen LogP contribution in [0.15, 0.2) is 42.5 Å². The zero-order valence-electron chi connectivity index (χ0n) is 10.2. The van der Waals surface area contributed by atoms with Gasteiger partial charge in [0, 0.05) is 21.3 Å². The first-order valence-corrected chi connectivity index (χ1v) is 6.49. The van der Waals surface area contributed by atoms with Crippen LogP contribution >= 0.6 is 23.2 Å². The first kappa shape index (κ1) is 14.6. The molecule has 0 saturated heterocycles. The highest BCUT2D eigenvalue weighted by Crippen LogP contribution is 2.25. The van der Waals surface area contributed by atoms with Gasteiger partial charge in [-0.05, 0) is 42.5 Å². The summed E-state index contributed by atoms with van der Waals surface area (Å²) in [5, 5.41) is 3.74. The van der Waals surface area contributed by atoms with Crippen molar-refractivity contribution in [1.82, 2.24) is 0 Å². The van der Waals surface area contributed by atoms with E-state index < -0.39 is 17.8 Å². The molecule has 6 heteroatoms. The third-order valence-corrected chi connectivity index (χ3v) is 3.20. The van der Waals surface area contributed by atoms with Gasteiger partial charge in [0.2, 0.25) is 5.91 Å². The van der Waals surface area contributed by atoms with Crippen LogP contribution in [0.5, 0.6) is 0 Å². The second-order valence-corrected chi connectivity index (χ2v) is 5.03. The van der Waals surface area contributed by atoms with E-state index in [4.69, 9.17) is 28.9 Å². The lowest BCUT2D eigenvalue weighted by molar-refractivity contribution is -0.118. The Labute approximate surface area is 125 Å². The van der Waals surface area contributed by atoms with Gasteiger partial charge in [-0.15, -0.1) is 0 Å². The Morgan fingerprint density at radius 2 is 1.70 bits per heavy atom. The molecule has 0 bridgehead atoms. The molecule has 104 valence electrons. The molecule has 0 aliphatic carbocycles. The Morgan fingerprint density at radius 3 is 2.30 bits per heavy atom. The summed E-state index contributed by atoms with van der Waals surface area (Å²) >= 11 is 11.6. The fourth-order valence-electron chi connectivity index (χ4n) is 1.75. The van der Waals surface area contributed by atoms with E-state index in [1.807, 2.05) is 0 Å². The Hall–Kier alpha value is -1.78. The molecule has 0 aliphatic heterocycles. The molecule has 1 amide bonds. The molecule has 0 radical (unpaired) electrons. The van der Waals surface area contributed by atoms with E-state index in [1.165, 1.54) is 18.2 Å². The molecule has 0 fully saturated rings. The normalized spacial score (nSPS) is 11.9. The predicted molar refractivity (Wildman–Crippen MR) is 78.4 cm³/mol. The van der Waals surface area contributed by atoms with Crippen molar-refractivity contribution in [3.63, 3.8) is 0 Å². The zero-order valence-corrected chi connectivity index (χ0v) is 11.8. The van der Waals surface area contributed by atoms with Crippen molar-refractivity contribution in [3.8, 4) is 0 Å². The fourth-order valence-corrected chi connectivity index (χ4v) is 2.06. The van der Waals surface area contributed by atoms with Gasteiger partial charge in [0.05, 0.1) is 0 Å². The molecule has 3 N–H and O–H groups in total. The molecule has 2 aromatic carbocycles. The van der Waals surface area contributed by atoms with Crippen LogP contribution in [-0.4, -0.2) is 5.91 Å². The van der Waals surface area contributed by atoms with Crippen molar-refractivity contribution < 1.29 is 9.18 Å². The third kappa shape index (κ3) is 3.40. The molecule has 0 spiro atoms. The number of hydrogen-bond acceptors (Lipinski definition) is 2. The number of nitrogens with one attached hydrogen (secondary N) is 1. The molecule has 0 saturated carbocycles. The van der Waals surface area contributed by atoms with Gasteiger partial charge >= 0.3 is 0 Å². The van der Waals surface area contributed by atoms with Crippen LogP contribution in [-0.2, 0) is 4.79 Å². The van der Waals surface area contributed by atoms with Gasteiger partial charge in [-0.3, -0.25) is 4.79 Å². The van der Waals surface area contributed by atoms with Gasteiger partial charge < -0.3 is 11.1 Å². The van der Waals surface area contributed by atoms with Gasteiger partial charge in [-0.1, -0.05) is 23.2 Å². The van der Waals surface area contributed by atoms with Crippen LogP contribution in [0, 0.1) is 5.82 Å². The first-order valence-electron chi connectivity index (χ1n) is 5.74. The van der Waals surface area contributed by atoms with Crippen molar-refractivity contribution in [1.29, 1.82) is 0 Å². The van der Waals surface area contributed by atoms with Crippen LogP contribution in [0.25, 0.3) is 0 Å². The van der Waals surface area contributed by atoms with Crippen LogP contribution in [0.4, 0.5) is 10.1 Å². The molecule has 0 heterocycles. The quantitative estimate of drug-likeness (QED) is 0.903. The Kier molecular flexibility index (Phi) is 4.47. The SMILES string of the molecule is NC(=O)C(Nc1ccc(Cl)cc1)c1cc(Cl)ccc1F. The van der Waals surface area contributed by atoms with Crippen LogP contribution in [0.3, 0.4) is 0 Å². The summed E-state index contributed by atoms with van der Waals surface area (Å²) in [6.07, 6.45) is 0. The van der Waals surface area contributed by atoms with Crippen LogP contribution in [0.1, 0.15) is 11.6 Å². The number of anilines is 1. The van der Waals surface area contributed by atoms with Gasteiger partial charge in [-0.25, -0.2) is 4.39 Å². The maximum absolute atomic E-state index is 13.8. The Morgan fingerprint density at radius 1 is 1.10 bits per heavy atom. The molecule has 1 unspecified atom stereocenters. The Bertz CT molecular complexity index is 632. The summed E-state index contributed by atoms with van der Waals surface area (Å²) in [5.74, 6) is -1.26. The molecule has 1 atom stereocenters. The smallest absolute Gasteiger partial charge is 0.244 e. The Balaban J connectivity index is 2.34. The lowest BCUT2D eigenvalue weighted by atomic mass is 10.1. The number of carbonyl (C=O) groups excluding carboxylic acids is 1. The largest absolute Gasteiger partial charge is 0.370 e. The average Bonchev–Trinajstić information content (AvgIpc) is 2.41. The summed E-state index contributed by atoms with van der Waals surface area (Å²) in [7, 11) is 0. The molecule has 2 rings (SSSR count). The maximum Gasteiger partial charge on any atom is 0.244 e. The zero-order chi connectivity index (χ0) is 14.7. The highest BCUT2D eigenvalue weighted by atomic mass is 35.5. The van der Waals surface area contributed by atoms with E-state index in [0.29, 0.717) is 15.7 Å². The number of nitrogens with two attached hydrogens (primary N) is 1. The number of benzene rings is 2. The summed E-state index contributed by atoms with van der Waals surface area (Å²) in [6.45, 7) is 0. The third-order valence-electron chi connectivity index (χ3n) is 2.71. The van der Waals surface area contributed by atoms with Crippen molar-refractivity contribution in [2.75, 3.05) is 5.32 Å². The monoisotopic (exact) mass is 312 g/mol. The molecule has 20 heavy (non-hydrogen) atoms. The number of rotatable bonds is 4. The number of carbonyl (C=O) groups is 1. The molecule has 3 nitrogen and oxygen atoms in total. The second-order valence-electron chi connectivity index (χ2n) is 4.15. The van der Waals surface area contributed by atoms with E-state index >= 15 is 0 Å². The number of primary amides is 1. The lowest BCUT2D eigenvalue weighted by Crippen LogP contribution is -2.28. The fraction of sp³-hybridized carbons (Fsp3) is 0.0714. The van der Waals surface area contributed by atoms with Gasteiger partial charge in [-0.2, -0.15) is 0 Å². The van der Waals surface area contributed by atoms with E-state index in [2.05, 4.69) is 5.32 Å². The number of halogens is 3. The summed E-state index contributed by atoms with van der Waals surface area (Å²) in [4.78, 5) is 11.6. The highest BCUT2D eigenvalue weighted by Gasteiger charge is 2.21. The van der Waals surface area contributed by atoms with Crippen molar-refractivity contribution in [3.05, 3.63) is 63.9 Å². The number of amides is 1. The molecular weight excluding hydrogens is 302 g/mol. The highest BCUT2D eigenvalue weighted by molar-refractivity contribution is 6.31. The molecule has 0 aromatic heterocycles. The predicted octanol–water partition coefficient (Wildman–Crippen LogP) is 3.77. The van der Waals surface area contributed by atoms with E-state index in [-0.39, 0.29) is 5.56 Å². The minimum atomic E-state index is -1.02. The van der Waals surface area contributed by atoms with E-state index in [9.17, 15) is 9.18 Å². The minimum absolute atomic E-state index is 0.0972. The number of hydrogen-bond donors (Lipinski definition) is 2. The van der Waals surface area contributed by atoms with Gasteiger partial charge in [0.1, 0.15) is 11.9 Å². The van der Waals surface area contributed by atoms with E-state index in [1.54, 1.807) is 24.3 Å². The van der Waals surface area contributed by atoms with Crippen LogP contribution in [0.2, 0.25) is 10.0 Å². The topological polar surface area (TPSA) is 55.1 Å². The first-order chi connectivity index (χ1) is 9.47. The average molecular weight is 313 g/mol. The minimum Gasteiger partial charge on any atom is -0.370 e. The summed E-state index contributed by atoms with van der Waals surface area (Å²) < 4.78 is 13.8. The van der Waals surface area contributed by atoms with Gasteiger partial charge in [0.25, 0.3) is 0 Å². The van der Waals surface area contributed by atoms with Crippen LogP contribution < -0.4 is 11.1 Å². The van der Waals surface area contributed by atoms with Gasteiger partial charge in [0.15, 0.2) is 0 Å². The van der Waals surface area contributed by atoms with Crippen molar-refractivity contribution >= 4 is 34.8 Å².